The number of carboxylic acid groups (broad SMARTS) is 1. The molecule has 0 saturated carbocycles. The normalized spacial score (nSPS) is 20.6. The lowest BCUT2D eigenvalue weighted by Crippen LogP contribution is -2.52. The number of hydrogen-bond donors (Lipinski definition) is 1. The first-order valence-corrected chi connectivity index (χ1v) is 9.63. The molecule has 1 unspecified atom stereocenters. The van der Waals surface area contributed by atoms with Crippen LogP contribution >= 0.6 is 0 Å². The molecule has 1 atom stereocenters. The first-order valence-electron chi connectivity index (χ1n) is 9.63. The first kappa shape index (κ1) is 20.1. The van der Waals surface area contributed by atoms with E-state index in [2.05, 4.69) is 0 Å². The van der Waals surface area contributed by atoms with Gasteiger partial charge in [0.2, 0.25) is 11.8 Å². The van der Waals surface area contributed by atoms with E-state index in [4.69, 9.17) is 14.6 Å². The van der Waals surface area contributed by atoms with Crippen molar-refractivity contribution in [1.29, 1.82) is 0 Å². The third kappa shape index (κ3) is 5.22. The fourth-order valence-corrected chi connectivity index (χ4v) is 3.56. The summed E-state index contributed by atoms with van der Waals surface area (Å²) in [6, 6.07) is 9.37. The second kappa shape index (κ2) is 9.54. The van der Waals surface area contributed by atoms with Gasteiger partial charge in [-0.1, -0.05) is 18.2 Å². The van der Waals surface area contributed by atoms with Crippen LogP contribution in [0.5, 0.6) is 5.75 Å². The number of ether oxygens (including phenoxy) is 2. The van der Waals surface area contributed by atoms with Gasteiger partial charge in [-0.3, -0.25) is 9.59 Å². The summed E-state index contributed by atoms with van der Waals surface area (Å²) in [7, 11) is 0. The van der Waals surface area contributed by atoms with Gasteiger partial charge in [0.25, 0.3) is 0 Å². The molecule has 1 aromatic rings. The topological polar surface area (TPSA) is 96.4 Å². The van der Waals surface area contributed by atoms with Gasteiger partial charge in [-0.15, -0.1) is 0 Å². The minimum absolute atomic E-state index is 0.0270. The van der Waals surface area contributed by atoms with Crippen LogP contribution in [0.1, 0.15) is 19.3 Å². The fourth-order valence-electron chi connectivity index (χ4n) is 3.56. The molecule has 0 aliphatic carbocycles. The summed E-state index contributed by atoms with van der Waals surface area (Å²) >= 11 is 0. The molecule has 2 saturated heterocycles. The van der Waals surface area contributed by atoms with Gasteiger partial charge in [-0.2, -0.15) is 0 Å². The lowest BCUT2D eigenvalue weighted by Gasteiger charge is -2.37. The van der Waals surface area contributed by atoms with Gasteiger partial charge in [0.05, 0.1) is 26.2 Å². The molecule has 2 aliphatic rings. The minimum Gasteiger partial charge on any atom is -0.493 e. The van der Waals surface area contributed by atoms with Gasteiger partial charge in [0, 0.05) is 25.6 Å². The Hall–Kier alpha value is -2.61. The van der Waals surface area contributed by atoms with Gasteiger partial charge in [0.15, 0.2) is 6.10 Å². The smallest absolute Gasteiger partial charge is 0.334 e. The molecule has 1 aromatic carbocycles. The molecule has 0 spiro atoms. The van der Waals surface area contributed by atoms with Gasteiger partial charge in [-0.05, 0) is 25.0 Å². The number of carboxylic acids is 1. The lowest BCUT2D eigenvalue weighted by molar-refractivity contribution is -0.161. The summed E-state index contributed by atoms with van der Waals surface area (Å²) in [5.41, 5.74) is 0. The standard InChI is InChI=1S/C20H26N2O6/c23-18(8-12-27-16-4-2-1-3-5-16)21-9-6-15(7-10-21)19(24)22-11-13-28-17(14-22)20(25)26/h1-5,15,17H,6-14H2,(H,25,26). The first-order chi connectivity index (χ1) is 13.5. The minimum atomic E-state index is -1.05. The van der Waals surface area contributed by atoms with Crippen molar-refractivity contribution in [3.05, 3.63) is 30.3 Å². The number of piperidine rings is 1. The van der Waals surface area contributed by atoms with Crippen molar-refractivity contribution in [1.82, 2.24) is 9.80 Å². The third-order valence-electron chi connectivity index (χ3n) is 5.18. The summed E-state index contributed by atoms with van der Waals surface area (Å²) in [4.78, 5) is 39.5. The number of hydrogen-bond acceptors (Lipinski definition) is 5. The molecule has 2 fully saturated rings. The number of morpholine rings is 1. The Labute approximate surface area is 164 Å². The predicted molar refractivity (Wildman–Crippen MR) is 99.8 cm³/mol. The van der Waals surface area contributed by atoms with Crippen molar-refractivity contribution < 1.29 is 29.0 Å². The van der Waals surface area contributed by atoms with Crippen LogP contribution in [-0.4, -0.2) is 78.2 Å². The number of carbonyl (C=O) groups excluding carboxylic acids is 2. The highest BCUT2D eigenvalue weighted by Crippen LogP contribution is 2.22. The Morgan fingerprint density at radius 2 is 1.79 bits per heavy atom. The number of aliphatic carboxylic acids is 1. The van der Waals surface area contributed by atoms with Crippen LogP contribution in [0.25, 0.3) is 0 Å². The van der Waals surface area contributed by atoms with E-state index < -0.39 is 12.1 Å². The van der Waals surface area contributed by atoms with Crippen LogP contribution in [0, 0.1) is 5.92 Å². The van der Waals surface area contributed by atoms with Crippen molar-refractivity contribution in [2.45, 2.75) is 25.4 Å². The van der Waals surface area contributed by atoms with Crippen LogP contribution in [0.3, 0.4) is 0 Å². The van der Waals surface area contributed by atoms with Gasteiger partial charge < -0.3 is 24.4 Å². The molecule has 8 nitrogen and oxygen atoms in total. The highest BCUT2D eigenvalue weighted by Gasteiger charge is 2.34. The molecule has 0 aromatic heterocycles. The third-order valence-corrected chi connectivity index (χ3v) is 5.18. The van der Waals surface area contributed by atoms with Gasteiger partial charge >= 0.3 is 5.97 Å². The zero-order valence-electron chi connectivity index (χ0n) is 15.8. The molecule has 8 heteroatoms. The zero-order valence-corrected chi connectivity index (χ0v) is 15.8. The van der Waals surface area contributed by atoms with E-state index in [1.54, 1.807) is 9.80 Å². The van der Waals surface area contributed by atoms with Crippen LogP contribution in [-0.2, 0) is 19.1 Å². The summed E-state index contributed by atoms with van der Waals surface area (Å²) in [6.07, 6.45) is 0.541. The average molecular weight is 390 g/mol. The van der Waals surface area contributed by atoms with Crippen molar-refractivity contribution in [3.8, 4) is 5.75 Å². The van der Waals surface area contributed by atoms with Crippen molar-refractivity contribution in [3.63, 3.8) is 0 Å². The van der Waals surface area contributed by atoms with Crippen molar-refractivity contribution in [2.24, 2.45) is 5.92 Å². The Balaban J connectivity index is 1.40. The van der Waals surface area contributed by atoms with Crippen LogP contribution in [0.4, 0.5) is 0 Å². The monoisotopic (exact) mass is 390 g/mol. The maximum absolute atomic E-state index is 12.7. The summed E-state index contributed by atoms with van der Waals surface area (Å²) < 4.78 is 10.7. The molecule has 0 radical (unpaired) electrons. The quantitative estimate of drug-likeness (QED) is 0.779. The summed E-state index contributed by atoms with van der Waals surface area (Å²) in [5, 5.41) is 9.07. The molecule has 0 bridgehead atoms. The Kier molecular flexibility index (Phi) is 6.86. The number of benzene rings is 1. The number of para-hydroxylation sites is 1. The number of carbonyl (C=O) groups is 3. The zero-order chi connectivity index (χ0) is 19.9. The van der Waals surface area contributed by atoms with Crippen LogP contribution in [0.15, 0.2) is 30.3 Å². The Bertz CT molecular complexity index is 687. The number of nitrogens with zero attached hydrogens (tertiary/aromatic N) is 2. The largest absolute Gasteiger partial charge is 0.493 e. The Morgan fingerprint density at radius 1 is 1.07 bits per heavy atom. The number of amides is 2. The van der Waals surface area contributed by atoms with E-state index in [0.717, 1.165) is 5.75 Å². The highest BCUT2D eigenvalue weighted by molar-refractivity contribution is 5.81. The fraction of sp³-hybridized carbons (Fsp3) is 0.550. The molecule has 3 rings (SSSR count). The van der Waals surface area contributed by atoms with E-state index in [-0.39, 0.29) is 30.9 Å². The number of rotatable bonds is 6. The second-order valence-electron chi connectivity index (χ2n) is 7.05. The summed E-state index contributed by atoms with van der Waals surface area (Å²) in [6.45, 7) is 2.14. The highest BCUT2D eigenvalue weighted by atomic mass is 16.5. The molecule has 2 aliphatic heterocycles. The maximum Gasteiger partial charge on any atom is 0.334 e. The van der Waals surface area contributed by atoms with Crippen LogP contribution < -0.4 is 4.74 Å². The van der Waals surface area contributed by atoms with E-state index in [1.165, 1.54) is 0 Å². The Morgan fingerprint density at radius 3 is 2.46 bits per heavy atom. The van der Waals surface area contributed by atoms with E-state index in [0.29, 0.717) is 45.5 Å². The number of likely N-dealkylation sites (tertiary alicyclic amines) is 1. The van der Waals surface area contributed by atoms with E-state index >= 15 is 0 Å². The lowest BCUT2D eigenvalue weighted by atomic mass is 9.94. The maximum atomic E-state index is 12.7. The molecule has 2 heterocycles. The molecule has 2 amide bonds. The van der Waals surface area contributed by atoms with Gasteiger partial charge in [0.1, 0.15) is 5.75 Å². The molecular weight excluding hydrogens is 364 g/mol. The van der Waals surface area contributed by atoms with Crippen molar-refractivity contribution >= 4 is 17.8 Å². The molecule has 1 N–H and O–H groups in total. The second-order valence-corrected chi connectivity index (χ2v) is 7.05. The average Bonchev–Trinajstić information content (AvgIpc) is 2.74. The summed E-state index contributed by atoms with van der Waals surface area (Å²) in [5.74, 6) is -0.481. The van der Waals surface area contributed by atoms with Crippen LogP contribution in [0.2, 0.25) is 0 Å². The van der Waals surface area contributed by atoms with E-state index in [1.807, 2.05) is 30.3 Å². The SMILES string of the molecule is O=C(O)C1CN(C(=O)C2CCN(C(=O)CCOc3ccccc3)CC2)CCO1. The molecule has 28 heavy (non-hydrogen) atoms. The van der Waals surface area contributed by atoms with E-state index in [9.17, 15) is 14.4 Å². The predicted octanol–water partition coefficient (Wildman–Crippen LogP) is 1.01. The van der Waals surface area contributed by atoms with Crippen molar-refractivity contribution in [2.75, 3.05) is 39.4 Å². The molecule has 152 valence electrons. The molecular formula is C20H26N2O6. The van der Waals surface area contributed by atoms with Gasteiger partial charge in [-0.25, -0.2) is 4.79 Å².